The Kier molecular flexibility index (Phi) is 4.95. The van der Waals surface area contributed by atoms with Crippen molar-refractivity contribution in [3.8, 4) is 5.75 Å². The van der Waals surface area contributed by atoms with Crippen LogP contribution in [0.15, 0.2) is 36.4 Å². The third-order valence-electron chi connectivity index (χ3n) is 3.91. The zero-order chi connectivity index (χ0) is 18.2. The van der Waals surface area contributed by atoms with Crippen molar-refractivity contribution in [2.45, 2.75) is 6.42 Å². The molecule has 1 aliphatic heterocycles. The van der Waals surface area contributed by atoms with Crippen LogP contribution in [0.5, 0.6) is 5.75 Å². The second kappa shape index (κ2) is 6.86. The first-order chi connectivity index (χ1) is 11.8. The summed E-state index contributed by atoms with van der Waals surface area (Å²) in [6.07, 6.45) is 1.74. The monoisotopic (exact) mass is 399 g/mol. The summed E-state index contributed by atoms with van der Waals surface area (Å²) < 4.78 is 30.3. The van der Waals surface area contributed by atoms with Crippen molar-refractivity contribution in [1.82, 2.24) is 0 Å². The molecule has 0 fully saturated rings. The zero-order valence-corrected chi connectivity index (χ0v) is 15.7. The molecule has 0 saturated heterocycles. The molecule has 2 aromatic rings. The van der Waals surface area contributed by atoms with Crippen LogP contribution in [0.2, 0.25) is 10.0 Å². The molecule has 132 valence electrons. The fourth-order valence-corrected chi connectivity index (χ4v) is 4.00. The molecule has 0 amide bonds. The molecular formula is C17H15Cl2NO4S. The Hall–Kier alpha value is -1.76. The average Bonchev–Trinajstić information content (AvgIpc) is 2.98. The van der Waals surface area contributed by atoms with Crippen LogP contribution in [0.4, 0.5) is 5.69 Å². The van der Waals surface area contributed by atoms with Gasteiger partial charge in [-0.25, -0.2) is 8.42 Å². The van der Waals surface area contributed by atoms with Gasteiger partial charge in [-0.1, -0.05) is 23.2 Å². The SMILES string of the molecule is CS(=O)(=O)N1CCc2cc(C(=O)COc3cc(Cl)ccc3Cl)ccc21. The summed E-state index contributed by atoms with van der Waals surface area (Å²) in [5, 5.41) is 0.834. The van der Waals surface area contributed by atoms with E-state index >= 15 is 0 Å². The largest absolute Gasteiger partial charge is 0.484 e. The van der Waals surface area contributed by atoms with Crippen LogP contribution in [0, 0.1) is 0 Å². The summed E-state index contributed by atoms with van der Waals surface area (Å²) >= 11 is 11.9. The minimum absolute atomic E-state index is 0.186. The van der Waals surface area contributed by atoms with Crippen LogP contribution in [0.25, 0.3) is 0 Å². The first kappa shape index (κ1) is 18.0. The number of anilines is 1. The van der Waals surface area contributed by atoms with Gasteiger partial charge in [0, 0.05) is 23.2 Å². The number of fused-ring (bicyclic) bond motifs is 1. The number of carbonyl (C=O) groups is 1. The van der Waals surface area contributed by atoms with E-state index in [1.54, 1.807) is 36.4 Å². The van der Waals surface area contributed by atoms with E-state index in [2.05, 4.69) is 0 Å². The maximum Gasteiger partial charge on any atom is 0.232 e. The molecule has 2 aromatic carbocycles. The lowest BCUT2D eigenvalue weighted by atomic mass is 10.1. The molecule has 1 heterocycles. The number of hydrogen-bond donors (Lipinski definition) is 0. The van der Waals surface area contributed by atoms with Crippen LogP contribution >= 0.6 is 23.2 Å². The highest BCUT2D eigenvalue weighted by molar-refractivity contribution is 7.92. The fraction of sp³-hybridized carbons (Fsp3) is 0.235. The first-order valence-electron chi connectivity index (χ1n) is 7.47. The summed E-state index contributed by atoms with van der Waals surface area (Å²) in [5.74, 6) is 0.114. The number of Topliss-reactive ketones (excluding diaryl/α,β-unsaturated/α-hetero) is 1. The van der Waals surface area contributed by atoms with Crippen molar-refractivity contribution in [2.75, 3.05) is 23.7 Å². The highest BCUT2D eigenvalue weighted by Gasteiger charge is 2.26. The number of benzene rings is 2. The third kappa shape index (κ3) is 3.92. The highest BCUT2D eigenvalue weighted by atomic mass is 35.5. The zero-order valence-electron chi connectivity index (χ0n) is 13.3. The lowest BCUT2D eigenvalue weighted by Crippen LogP contribution is -2.27. The Bertz CT molecular complexity index is 944. The molecule has 0 bridgehead atoms. The van der Waals surface area contributed by atoms with Crippen LogP contribution < -0.4 is 9.04 Å². The van der Waals surface area contributed by atoms with Crippen molar-refractivity contribution in [1.29, 1.82) is 0 Å². The van der Waals surface area contributed by atoms with Gasteiger partial charge < -0.3 is 4.74 Å². The lowest BCUT2D eigenvalue weighted by molar-refractivity contribution is 0.0921. The number of sulfonamides is 1. The van der Waals surface area contributed by atoms with E-state index in [1.807, 2.05) is 0 Å². The smallest absolute Gasteiger partial charge is 0.232 e. The fourth-order valence-electron chi connectivity index (χ4n) is 2.70. The van der Waals surface area contributed by atoms with Gasteiger partial charge in [-0.2, -0.15) is 0 Å². The molecule has 1 aliphatic rings. The number of carbonyl (C=O) groups excluding carboxylic acids is 1. The van der Waals surface area contributed by atoms with Crippen molar-refractivity contribution in [3.05, 3.63) is 57.6 Å². The van der Waals surface area contributed by atoms with Gasteiger partial charge in [-0.3, -0.25) is 9.10 Å². The molecule has 0 N–H and O–H groups in total. The molecular weight excluding hydrogens is 385 g/mol. The number of ether oxygens (including phenoxy) is 1. The van der Waals surface area contributed by atoms with Gasteiger partial charge in [-0.05, 0) is 42.3 Å². The number of rotatable bonds is 5. The van der Waals surface area contributed by atoms with E-state index in [0.717, 1.165) is 5.56 Å². The van der Waals surface area contributed by atoms with Crippen LogP contribution in [0.1, 0.15) is 15.9 Å². The highest BCUT2D eigenvalue weighted by Crippen LogP contribution is 2.31. The maximum atomic E-state index is 12.4. The van der Waals surface area contributed by atoms with Gasteiger partial charge in [-0.15, -0.1) is 0 Å². The molecule has 0 spiro atoms. The minimum Gasteiger partial charge on any atom is -0.484 e. The van der Waals surface area contributed by atoms with Gasteiger partial charge in [0.05, 0.1) is 17.0 Å². The normalized spacial score (nSPS) is 13.6. The Morgan fingerprint density at radius 3 is 2.68 bits per heavy atom. The molecule has 8 heteroatoms. The van der Waals surface area contributed by atoms with Gasteiger partial charge >= 0.3 is 0 Å². The van der Waals surface area contributed by atoms with Crippen molar-refractivity contribution >= 4 is 44.7 Å². The van der Waals surface area contributed by atoms with E-state index < -0.39 is 10.0 Å². The van der Waals surface area contributed by atoms with Crippen molar-refractivity contribution in [3.63, 3.8) is 0 Å². The van der Waals surface area contributed by atoms with Crippen LogP contribution in [-0.4, -0.2) is 33.6 Å². The van der Waals surface area contributed by atoms with Crippen LogP contribution in [0.3, 0.4) is 0 Å². The number of hydrogen-bond acceptors (Lipinski definition) is 4. The van der Waals surface area contributed by atoms with E-state index in [-0.39, 0.29) is 12.4 Å². The third-order valence-corrected chi connectivity index (χ3v) is 5.63. The second-order valence-corrected chi connectivity index (χ2v) is 8.47. The van der Waals surface area contributed by atoms with Crippen LogP contribution in [-0.2, 0) is 16.4 Å². The van der Waals surface area contributed by atoms with E-state index in [1.165, 1.54) is 10.6 Å². The van der Waals surface area contributed by atoms with E-state index in [9.17, 15) is 13.2 Å². The topological polar surface area (TPSA) is 63.7 Å². The van der Waals surface area contributed by atoms with Crippen molar-refractivity contribution in [2.24, 2.45) is 0 Å². The average molecular weight is 400 g/mol. The molecule has 3 rings (SSSR count). The van der Waals surface area contributed by atoms with Gasteiger partial charge in [0.2, 0.25) is 10.0 Å². The maximum absolute atomic E-state index is 12.4. The van der Waals surface area contributed by atoms with Gasteiger partial charge in [0.25, 0.3) is 0 Å². The molecule has 0 unspecified atom stereocenters. The molecule has 25 heavy (non-hydrogen) atoms. The quantitative estimate of drug-likeness (QED) is 0.720. The van der Waals surface area contributed by atoms with E-state index in [4.69, 9.17) is 27.9 Å². The summed E-state index contributed by atoms with van der Waals surface area (Å²) in [4.78, 5) is 12.4. The predicted molar refractivity (Wildman–Crippen MR) is 98.6 cm³/mol. The summed E-state index contributed by atoms with van der Waals surface area (Å²) in [7, 11) is -3.31. The lowest BCUT2D eigenvalue weighted by Gasteiger charge is -2.16. The minimum atomic E-state index is -3.31. The Labute approximate surface area is 156 Å². The van der Waals surface area contributed by atoms with Gasteiger partial charge in [0.15, 0.2) is 12.4 Å². The molecule has 0 radical (unpaired) electrons. The molecule has 0 atom stereocenters. The summed E-state index contributed by atoms with van der Waals surface area (Å²) in [6, 6.07) is 9.75. The molecule has 0 aromatic heterocycles. The van der Waals surface area contributed by atoms with E-state index in [0.29, 0.717) is 40.0 Å². The standard InChI is InChI=1S/C17H15Cl2NO4S/c1-25(22,23)20-7-6-11-8-12(2-5-15(11)20)16(21)10-24-17-9-13(18)3-4-14(17)19/h2-5,8-9H,6-7,10H2,1H3. The molecule has 0 saturated carbocycles. The second-order valence-electron chi connectivity index (χ2n) is 5.72. The predicted octanol–water partition coefficient (Wildman–Crippen LogP) is 3.58. The Morgan fingerprint density at radius 2 is 1.96 bits per heavy atom. The van der Waals surface area contributed by atoms with Crippen molar-refractivity contribution < 1.29 is 17.9 Å². The summed E-state index contributed by atoms with van der Waals surface area (Å²) in [6.45, 7) is 0.203. The molecule has 0 aliphatic carbocycles. The molecule has 5 nitrogen and oxygen atoms in total. The Morgan fingerprint density at radius 1 is 1.20 bits per heavy atom. The number of nitrogens with zero attached hydrogens (tertiary/aromatic N) is 1. The number of halogens is 2. The number of ketones is 1. The Balaban J connectivity index is 1.75. The van der Waals surface area contributed by atoms with Gasteiger partial charge in [0.1, 0.15) is 5.75 Å². The summed E-state index contributed by atoms with van der Waals surface area (Å²) in [5.41, 5.74) is 1.92. The first-order valence-corrected chi connectivity index (χ1v) is 10.1.